The van der Waals surface area contributed by atoms with Crippen molar-refractivity contribution in [2.24, 2.45) is 0 Å². The molecule has 1 unspecified atom stereocenters. The largest absolute Gasteiger partial charge is 0.490 e. The third-order valence-corrected chi connectivity index (χ3v) is 4.78. The van der Waals surface area contributed by atoms with E-state index in [2.05, 4.69) is 24.5 Å². The second-order valence-electron chi connectivity index (χ2n) is 6.92. The van der Waals surface area contributed by atoms with Crippen molar-refractivity contribution < 1.29 is 14.3 Å². The molecule has 5 heteroatoms. The summed E-state index contributed by atoms with van der Waals surface area (Å²) in [7, 11) is 0. The van der Waals surface area contributed by atoms with E-state index in [9.17, 15) is 4.79 Å². The molecule has 5 nitrogen and oxygen atoms in total. The highest BCUT2D eigenvalue weighted by Gasteiger charge is 2.35. The quantitative estimate of drug-likeness (QED) is 0.893. The predicted octanol–water partition coefficient (Wildman–Crippen LogP) is 2.11. The van der Waals surface area contributed by atoms with Crippen LogP contribution in [-0.4, -0.2) is 43.4 Å². The zero-order chi connectivity index (χ0) is 16.3. The first kappa shape index (κ1) is 16.3. The number of ether oxygens (including phenoxy) is 2. The van der Waals surface area contributed by atoms with Gasteiger partial charge in [-0.2, -0.15) is 0 Å². The van der Waals surface area contributed by atoms with Crippen LogP contribution < -0.4 is 15.4 Å². The van der Waals surface area contributed by atoms with E-state index >= 15 is 0 Å². The maximum Gasteiger partial charge on any atom is 0.251 e. The van der Waals surface area contributed by atoms with Crippen LogP contribution in [0.4, 0.5) is 0 Å². The normalized spacial score (nSPS) is 24.3. The van der Waals surface area contributed by atoms with Gasteiger partial charge < -0.3 is 20.1 Å². The molecule has 2 heterocycles. The summed E-state index contributed by atoms with van der Waals surface area (Å²) < 4.78 is 11.3. The van der Waals surface area contributed by atoms with Gasteiger partial charge in [0.2, 0.25) is 0 Å². The average molecular weight is 318 g/mol. The van der Waals surface area contributed by atoms with Crippen LogP contribution in [0.25, 0.3) is 0 Å². The highest BCUT2D eigenvalue weighted by atomic mass is 16.5. The molecule has 2 saturated heterocycles. The van der Waals surface area contributed by atoms with Gasteiger partial charge in [0.25, 0.3) is 5.91 Å². The Morgan fingerprint density at radius 3 is 2.52 bits per heavy atom. The average Bonchev–Trinajstić information content (AvgIpc) is 2.87. The molecule has 3 rings (SSSR count). The van der Waals surface area contributed by atoms with Gasteiger partial charge >= 0.3 is 0 Å². The van der Waals surface area contributed by atoms with Crippen LogP contribution in [0.5, 0.6) is 5.75 Å². The summed E-state index contributed by atoms with van der Waals surface area (Å²) >= 11 is 0. The molecule has 2 aliphatic rings. The molecule has 2 aliphatic heterocycles. The third kappa shape index (κ3) is 4.03. The molecule has 0 saturated carbocycles. The van der Waals surface area contributed by atoms with Crippen LogP contribution >= 0.6 is 0 Å². The van der Waals surface area contributed by atoms with Crippen molar-refractivity contribution in [2.75, 3.05) is 19.8 Å². The first-order valence-electron chi connectivity index (χ1n) is 8.45. The van der Waals surface area contributed by atoms with Crippen LogP contribution in [0, 0.1) is 0 Å². The van der Waals surface area contributed by atoms with E-state index in [0.29, 0.717) is 5.56 Å². The first-order valence-corrected chi connectivity index (χ1v) is 8.45. The van der Waals surface area contributed by atoms with E-state index in [-0.39, 0.29) is 23.6 Å². The summed E-state index contributed by atoms with van der Waals surface area (Å²) in [6, 6.07) is 7.58. The second kappa shape index (κ2) is 6.89. The molecule has 0 spiro atoms. The van der Waals surface area contributed by atoms with E-state index in [0.717, 1.165) is 44.8 Å². The van der Waals surface area contributed by atoms with E-state index in [4.69, 9.17) is 9.47 Å². The monoisotopic (exact) mass is 318 g/mol. The van der Waals surface area contributed by atoms with Crippen LogP contribution in [0.2, 0.25) is 0 Å². The molecule has 0 aromatic heterocycles. The molecular weight excluding hydrogens is 292 g/mol. The van der Waals surface area contributed by atoms with Crippen LogP contribution in [0.15, 0.2) is 24.3 Å². The number of hydrogen-bond donors (Lipinski definition) is 2. The fourth-order valence-corrected chi connectivity index (χ4v) is 3.19. The van der Waals surface area contributed by atoms with Crippen molar-refractivity contribution >= 4 is 5.91 Å². The predicted molar refractivity (Wildman–Crippen MR) is 88.9 cm³/mol. The lowest BCUT2D eigenvalue weighted by Crippen LogP contribution is -2.50. The summed E-state index contributed by atoms with van der Waals surface area (Å²) in [5.41, 5.74) is 0.619. The number of amides is 1. The van der Waals surface area contributed by atoms with E-state index in [1.54, 1.807) is 0 Å². The highest BCUT2D eigenvalue weighted by Crippen LogP contribution is 2.21. The maximum absolute atomic E-state index is 12.4. The summed E-state index contributed by atoms with van der Waals surface area (Å²) in [4.78, 5) is 12.4. The summed E-state index contributed by atoms with van der Waals surface area (Å²) in [5, 5.41) is 6.54. The summed E-state index contributed by atoms with van der Waals surface area (Å²) in [5.74, 6) is 0.792. The summed E-state index contributed by atoms with van der Waals surface area (Å²) in [6.45, 7) is 6.70. The minimum absolute atomic E-state index is 0.0237. The Bertz CT molecular complexity index is 536. The Balaban J connectivity index is 1.57. The van der Waals surface area contributed by atoms with Gasteiger partial charge in [0.1, 0.15) is 11.9 Å². The molecule has 0 bridgehead atoms. The Labute approximate surface area is 137 Å². The van der Waals surface area contributed by atoms with Gasteiger partial charge in [-0.1, -0.05) is 0 Å². The van der Waals surface area contributed by atoms with E-state index < -0.39 is 0 Å². The standard InChI is InChI=1S/C18H26N2O3/c1-18(2)16(7-10-19-18)20-17(21)13-3-5-14(6-4-13)23-15-8-11-22-12-9-15/h3-6,15-16,19H,7-12H2,1-2H3,(H,20,21). The molecular formula is C18H26N2O3. The molecule has 0 radical (unpaired) electrons. The molecule has 23 heavy (non-hydrogen) atoms. The van der Waals surface area contributed by atoms with E-state index in [1.807, 2.05) is 24.3 Å². The van der Waals surface area contributed by atoms with E-state index in [1.165, 1.54) is 0 Å². The van der Waals surface area contributed by atoms with Crippen molar-refractivity contribution in [3.63, 3.8) is 0 Å². The lowest BCUT2D eigenvalue weighted by atomic mass is 9.96. The minimum atomic E-state index is -0.0538. The lowest BCUT2D eigenvalue weighted by Gasteiger charge is -2.28. The highest BCUT2D eigenvalue weighted by molar-refractivity contribution is 5.94. The number of rotatable bonds is 4. The van der Waals surface area contributed by atoms with Crippen LogP contribution in [-0.2, 0) is 4.74 Å². The Kier molecular flexibility index (Phi) is 4.87. The molecule has 1 atom stereocenters. The number of benzene rings is 1. The van der Waals surface area contributed by atoms with Crippen molar-refractivity contribution in [1.82, 2.24) is 10.6 Å². The number of carbonyl (C=O) groups is 1. The zero-order valence-corrected chi connectivity index (χ0v) is 13.9. The zero-order valence-electron chi connectivity index (χ0n) is 13.9. The third-order valence-electron chi connectivity index (χ3n) is 4.78. The Morgan fingerprint density at radius 2 is 1.91 bits per heavy atom. The molecule has 126 valence electrons. The number of hydrogen-bond acceptors (Lipinski definition) is 4. The second-order valence-corrected chi connectivity index (χ2v) is 6.92. The topological polar surface area (TPSA) is 59.6 Å². The molecule has 2 N–H and O–H groups in total. The SMILES string of the molecule is CC1(C)NCCC1NC(=O)c1ccc(OC2CCOCC2)cc1. The van der Waals surface area contributed by atoms with Gasteiger partial charge in [-0.05, 0) is 51.1 Å². The van der Waals surface area contributed by atoms with Gasteiger partial charge in [-0.25, -0.2) is 0 Å². The Morgan fingerprint density at radius 1 is 1.22 bits per heavy atom. The fraction of sp³-hybridized carbons (Fsp3) is 0.611. The molecule has 1 aromatic carbocycles. The molecule has 1 aromatic rings. The van der Waals surface area contributed by atoms with Gasteiger partial charge in [0.05, 0.1) is 13.2 Å². The number of nitrogens with one attached hydrogen (secondary N) is 2. The smallest absolute Gasteiger partial charge is 0.251 e. The van der Waals surface area contributed by atoms with Gasteiger partial charge in [0.15, 0.2) is 0 Å². The van der Waals surface area contributed by atoms with Crippen LogP contribution in [0.3, 0.4) is 0 Å². The van der Waals surface area contributed by atoms with Gasteiger partial charge in [-0.15, -0.1) is 0 Å². The minimum Gasteiger partial charge on any atom is -0.490 e. The van der Waals surface area contributed by atoms with Gasteiger partial charge in [0, 0.05) is 30.0 Å². The van der Waals surface area contributed by atoms with Crippen molar-refractivity contribution in [1.29, 1.82) is 0 Å². The van der Waals surface area contributed by atoms with Crippen molar-refractivity contribution in [3.8, 4) is 5.75 Å². The van der Waals surface area contributed by atoms with Crippen LogP contribution in [0.1, 0.15) is 43.5 Å². The lowest BCUT2D eigenvalue weighted by molar-refractivity contribution is 0.0256. The fourth-order valence-electron chi connectivity index (χ4n) is 3.19. The van der Waals surface area contributed by atoms with Crippen molar-refractivity contribution in [3.05, 3.63) is 29.8 Å². The molecule has 2 fully saturated rings. The summed E-state index contributed by atoms with van der Waals surface area (Å²) in [6.07, 6.45) is 3.02. The Hall–Kier alpha value is -1.59. The first-order chi connectivity index (χ1) is 11.0. The molecule has 0 aliphatic carbocycles. The maximum atomic E-state index is 12.4. The van der Waals surface area contributed by atoms with Crippen molar-refractivity contribution in [2.45, 2.75) is 50.8 Å². The number of carbonyl (C=O) groups excluding carboxylic acids is 1. The molecule has 1 amide bonds. The van der Waals surface area contributed by atoms with Gasteiger partial charge in [-0.3, -0.25) is 4.79 Å².